The Bertz CT molecular complexity index is 1010. The van der Waals surface area contributed by atoms with E-state index in [-0.39, 0.29) is 18.2 Å². The standard InChI is InChI=1S/C22H23BrN2O4/c1-3-12-28-18-9-8-15-6-4-5-7-16(15)17(18)14-25(2)21(26)13-24-22(27)19-10-11-20(23)29-19/h4-11H,3,12-14H2,1-2H3,(H,24,27). The maximum absolute atomic E-state index is 12.6. The number of hydrogen-bond acceptors (Lipinski definition) is 4. The summed E-state index contributed by atoms with van der Waals surface area (Å²) in [6.07, 6.45) is 0.899. The van der Waals surface area contributed by atoms with Gasteiger partial charge in [0, 0.05) is 19.2 Å². The van der Waals surface area contributed by atoms with Crippen LogP contribution in [0.3, 0.4) is 0 Å². The molecule has 0 spiro atoms. The van der Waals surface area contributed by atoms with Crippen LogP contribution in [0.5, 0.6) is 5.75 Å². The molecule has 0 aliphatic rings. The number of halogens is 1. The average molecular weight is 459 g/mol. The number of benzene rings is 2. The maximum Gasteiger partial charge on any atom is 0.287 e. The van der Waals surface area contributed by atoms with Gasteiger partial charge in [0.15, 0.2) is 10.4 Å². The third-order valence-electron chi connectivity index (χ3n) is 4.48. The van der Waals surface area contributed by atoms with Crippen molar-refractivity contribution in [3.8, 4) is 5.75 Å². The van der Waals surface area contributed by atoms with Crippen LogP contribution in [0.2, 0.25) is 0 Å². The van der Waals surface area contributed by atoms with Gasteiger partial charge in [-0.05, 0) is 51.3 Å². The molecule has 0 bridgehead atoms. The number of nitrogens with one attached hydrogen (secondary N) is 1. The van der Waals surface area contributed by atoms with E-state index < -0.39 is 5.91 Å². The molecule has 6 nitrogen and oxygen atoms in total. The van der Waals surface area contributed by atoms with Crippen LogP contribution in [0, 0.1) is 0 Å². The second-order valence-electron chi connectivity index (χ2n) is 6.65. The molecular weight excluding hydrogens is 436 g/mol. The summed E-state index contributed by atoms with van der Waals surface area (Å²) < 4.78 is 11.6. The van der Waals surface area contributed by atoms with Crippen molar-refractivity contribution < 1.29 is 18.7 Å². The predicted molar refractivity (Wildman–Crippen MR) is 115 cm³/mol. The molecule has 2 aromatic carbocycles. The molecule has 1 aromatic heterocycles. The van der Waals surface area contributed by atoms with Crippen molar-refractivity contribution >= 4 is 38.5 Å². The zero-order valence-corrected chi connectivity index (χ0v) is 18.0. The zero-order chi connectivity index (χ0) is 20.8. The van der Waals surface area contributed by atoms with Gasteiger partial charge in [-0.1, -0.05) is 37.3 Å². The number of likely N-dealkylation sites (N-methyl/N-ethyl adjacent to an activating group) is 1. The van der Waals surface area contributed by atoms with E-state index in [0.717, 1.165) is 28.5 Å². The molecule has 152 valence electrons. The Balaban J connectivity index is 1.71. The lowest BCUT2D eigenvalue weighted by Gasteiger charge is -2.21. The molecular formula is C22H23BrN2O4. The van der Waals surface area contributed by atoms with Gasteiger partial charge in [0.1, 0.15) is 5.75 Å². The number of furan rings is 1. The number of carbonyl (C=O) groups is 2. The van der Waals surface area contributed by atoms with Gasteiger partial charge < -0.3 is 19.4 Å². The number of carbonyl (C=O) groups excluding carboxylic acids is 2. The van der Waals surface area contributed by atoms with Crippen molar-refractivity contribution in [1.29, 1.82) is 0 Å². The fraction of sp³-hybridized carbons (Fsp3) is 0.273. The third-order valence-corrected chi connectivity index (χ3v) is 4.90. The molecule has 0 unspecified atom stereocenters. The van der Waals surface area contributed by atoms with Crippen LogP contribution < -0.4 is 10.1 Å². The van der Waals surface area contributed by atoms with E-state index in [2.05, 4.69) is 28.2 Å². The predicted octanol–water partition coefficient (Wildman–Crippen LogP) is 4.37. The quantitative estimate of drug-likeness (QED) is 0.543. The minimum atomic E-state index is -0.436. The molecule has 1 N–H and O–H groups in total. The summed E-state index contributed by atoms with van der Waals surface area (Å²) in [5, 5.41) is 4.72. The molecule has 0 saturated carbocycles. The molecule has 0 saturated heterocycles. The molecule has 0 aliphatic heterocycles. The molecule has 7 heteroatoms. The van der Waals surface area contributed by atoms with Gasteiger partial charge >= 0.3 is 0 Å². The first-order valence-corrected chi connectivity index (χ1v) is 10.2. The van der Waals surface area contributed by atoms with Crippen LogP contribution in [-0.2, 0) is 11.3 Å². The third kappa shape index (κ3) is 5.17. The second kappa shape index (κ2) is 9.60. The largest absolute Gasteiger partial charge is 0.493 e. The van der Waals surface area contributed by atoms with Crippen molar-refractivity contribution in [2.45, 2.75) is 19.9 Å². The van der Waals surface area contributed by atoms with Crippen molar-refractivity contribution in [3.05, 3.63) is 64.5 Å². The van der Waals surface area contributed by atoms with Gasteiger partial charge in [-0.2, -0.15) is 0 Å². The van der Waals surface area contributed by atoms with Gasteiger partial charge in [0.05, 0.1) is 13.2 Å². The van der Waals surface area contributed by atoms with E-state index in [9.17, 15) is 9.59 Å². The van der Waals surface area contributed by atoms with Gasteiger partial charge in [-0.25, -0.2) is 0 Å². The Labute approximate surface area is 177 Å². The van der Waals surface area contributed by atoms with Crippen LogP contribution in [-0.4, -0.2) is 36.9 Å². The molecule has 2 amide bonds. The van der Waals surface area contributed by atoms with E-state index in [1.807, 2.05) is 36.4 Å². The molecule has 0 atom stereocenters. The van der Waals surface area contributed by atoms with Crippen LogP contribution in [0.4, 0.5) is 0 Å². The Morgan fingerprint density at radius 3 is 2.66 bits per heavy atom. The zero-order valence-electron chi connectivity index (χ0n) is 16.4. The number of hydrogen-bond donors (Lipinski definition) is 1. The van der Waals surface area contributed by atoms with E-state index in [1.165, 1.54) is 0 Å². The van der Waals surface area contributed by atoms with Gasteiger partial charge in [0.25, 0.3) is 5.91 Å². The van der Waals surface area contributed by atoms with Crippen LogP contribution >= 0.6 is 15.9 Å². The normalized spacial score (nSPS) is 10.7. The number of rotatable bonds is 8. The number of amides is 2. The maximum atomic E-state index is 12.6. The van der Waals surface area contributed by atoms with E-state index in [4.69, 9.17) is 9.15 Å². The molecule has 0 fully saturated rings. The number of ether oxygens (including phenoxy) is 1. The summed E-state index contributed by atoms with van der Waals surface area (Å²) in [6.45, 7) is 2.92. The van der Waals surface area contributed by atoms with Gasteiger partial charge in [0.2, 0.25) is 5.91 Å². The highest BCUT2D eigenvalue weighted by molar-refractivity contribution is 9.10. The Morgan fingerprint density at radius 2 is 1.93 bits per heavy atom. The Morgan fingerprint density at radius 1 is 1.14 bits per heavy atom. The summed E-state index contributed by atoms with van der Waals surface area (Å²) in [4.78, 5) is 26.2. The van der Waals surface area contributed by atoms with Crippen molar-refractivity contribution in [1.82, 2.24) is 10.2 Å². The fourth-order valence-electron chi connectivity index (χ4n) is 2.97. The lowest BCUT2D eigenvalue weighted by Crippen LogP contribution is -2.37. The van der Waals surface area contributed by atoms with Crippen molar-refractivity contribution in [3.63, 3.8) is 0 Å². The molecule has 0 aliphatic carbocycles. The highest BCUT2D eigenvalue weighted by Crippen LogP contribution is 2.29. The number of nitrogens with zero attached hydrogens (tertiary/aromatic N) is 1. The first kappa shape index (κ1) is 20.9. The first-order chi connectivity index (χ1) is 14.0. The minimum absolute atomic E-state index is 0.121. The Kier molecular flexibility index (Phi) is 6.93. The highest BCUT2D eigenvalue weighted by Gasteiger charge is 2.17. The first-order valence-electron chi connectivity index (χ1n) is 9.40. The topological polar surface area (TPSA) is 71.8 Å². The fourth-order valence-corrected chi connectivity index (χ4v) is 3.27. The smallest absolute Gasteiger partial charge is 0.287 e. The summed E-state index contributed by atoms with van der Waals surface area (Å²) >= 11 is 3.15. The SMILES string of the molecule is CCCOc1ccc2ccccc2c1CN(C)C(=O)CNC(=O)c1ccc(Br)o1. The summed E-state index contributed by atoms with van der Waals surface area (Å²) in [5.74, 6) is 0.277. The van der Waals surface area contributed by atoms with Crippen LogP contribution in [0.1, 0.15) is 29.5 Å². The summed E-state index contributed by atoms with van der Waals surface area (Å²) in [5.41, 5.74) is 0.952. The molecule has 0 radical (unpaired) electrons. The van der Waals surface area contributed by atoms with Crippen molar-refractivity contribution in [2.75, 3.05) is 20.2 Å². The van der Waals surface area contributed by atoms with E-state index in [0.29, 0.717) is 17.8 Å². The van der Waals surface area contributed by atoms with E-state index in [1.54, 1.807) is 24.1 Å². The van der Waals surface area contributed by atoms with Crippen LogP contribution in [0.25, 0.3) is 10.8 Å². The highest BCUT2D eigenvalue weighted by atomic mass is 79.9. The second-order valence-corrected chi connectivity index (χ2v) is 7.43. The van der Waals surface area contributed by atoms with Crippen molar-refractivity contribution in [2.24, 2.45) is 0 Å². The monoisotopic (exact) mass is 458 g/mol. The Hall–Kier alpha value is -2.80. The lowest BCUT2D eigenvalue weighted by molar-refractivity contribution is -0.129. The summed E-state index contributed by atoms with van der Waals surface area (Å²) in [6, 6.07) is 15.1. The minimum Gasteiger partial charge on any atom is -0.493 e. The number of fused-ring (bicyclic) bond motifs is 1. The lowest BCUT2D eigenvalue weighted by atomic mass is 10.0. The van der Waals surface area contributed by atoms with Gasteiger partial charge in [-0.15, -0.1) is 0 Å². The molecule has 1 heterocycles. The molecule has 29 heavy (non-hydrogen) atoms. The molecule has 3 rings (SSSR count). The van der Waals surface area contributed by atoms with Crippen LogP contribution in [0.15, 0.2) is 57.6 Å². The summed E-state index contributed by atoms with van der Waals surface area (Å²) in [7, 11) is 1.71. The molecule has 3 aromatic rings. The van der Waals surface area contributed by atoms with E-state index >= 15 is 0 Å². The average Bonchev–Trinajstić information content (AvgIpc) is 3.17. The van der Waals surface area contributed by atoms with Gasteiger partial charge in [-0.3, -0.25) is 9.59 Å².